The van der Waals surface area contributed by atoms with Crippen LogP contribution in [0.1, 0.15) is 102 Å². The van der Waals surface area contributed by atoms with Gasteiger partial charge in [0.2, 0.25) is 0 Å². The summed E-state index contributed by atoms with van der Waals surface area (Å²) in [6.07, 6.45) is 0. The van der Waals surface area contributed by atoms with Gasteiger partial charge in [0, 0.05) is 40.7 Å². The number of hydrogen-bond acceptors (Lipinski definition) is 2. The number of hydrogen-bond donors (Lipinski definition) is 0. The lowest BCUT2D eigenvalue weighted by Crippen LogP contribution is -2.14. The van der Waals surface area contributed by atoms with E-state index in [9.17, 15) is 21.9 Å². The maximum absolute atomic E-state index is 9.85. The quantitative estimate of drug-likeness (QED) is 0.155. The summed E-state index contributed by atoms with van der Waals surface area (Å²) < 4.78 is 510. The van der Waals surface area contributed by atoms with Crippen LogP contribution in [-0.4, -0.2) is 0 Å². The van der Waals surface area contributed by atoms with Crippen LogP contribution in [0.4, 0.5) is 0 Å². The molecule has 1 aliphatic carbocycles. The standard InChI is InChI=1S/C47H32O.C38H24O/c1-47(2)41-22-11-10-15-33(41)40-27-30(24-26-42(40)47)32-20-12-21-39-34-25-23-31(28-43(34)48-46(32)39)45-37-18-8-6-16-35(37)44(29-13-4-3-5-14-29)36-17-7-9-19-38(36)45;1-3-11-25(12-4-1)27-19-21-29-30-22-20-28(24-36(30)39-35(29)23-27)38-33-17-9-7-15-31(33)37(26-13-5-2-6-14-26)32-16-8-10-18-34(32)38/h3-28H,1-2H3;1-24H/i1D3,2D3,3D,4D,5D,6D,7D,8D,9D,10D,11D,12D,13D,14D,15D,16D,17D,18D,19D,20D,21D,22D,23D,24D,25D,26D,27D,28D;1D,2D,3D,4D,5D,6D,7D,8D,9D,10D,11D,12D,13D,14D,15D,16D,17D,18D,19D,20D,21D,22D,23D,24D. The van der Waals surface area contributed by atoms with Gasteiger partial charge in [-0.05, 0) is 169 Å². The third kappa shape index (κ3) is 8.09. The van der Waals surface area contributed by atoms with Gasteiger partial charge in [0.1, 0.15) is 22.3 Å². The van der Waals surface area contributed by atoms with Crippen molar-refractivity contribution < 1.29 is 85.6 Å². The molecule has 0 saturated carbocycles. The van der Waals surface area contributed by atoms with Gasteiger partial charge in [-0.1, -0.05) is 274 Å². The molecule has 0 fully saturated rings. The minimum atomic E-state index is -3.80. The lowest BCUT2D eigenvalue weighted by atomic mass is 9.82. The Kier molecular flexibility index (Phi) is 4.49. The summed E-state index contributed by atoms with van der Waals surface area (Å²) in [5, 5.41) is -7.78. The van der Waals surface area contributed by atoms with Crippen LogP contribution in [0.15, 0.2) is 311 Å². The van der Waals surface area contributed by atoms with Crippen LogP contribution in [-0.2, 0) is 5.41 Å². The molecule has 87 heavy (non-hydrogen) atoms. The zero-order chi connectivity index (χ0) is 106. The van der Waals surface area contributed by atoms with Gasteiger partial charge in [-0.2, -0.15) is 0 Å². The molecule has 408 valence electrons. The van der Waals surface area contributed by atoms with Gasteiger partial charge in [0.25, 0.3) is 0 Å². The third-order valence-electron chi connectivity index (χ3n) is 14.3. The van der Waals surface area contributed by atoms with Gasteiger partial charge in [-0.3, -0.25) is 0 Å². The van der Waals surface area contributed by atoms with Crippen molar-refractivity contribution in [3.05, 3.63) is 313 Å². The van der Waals surface area contributed by atoms with E-state index in [0.29, 0.717) is 0 Å². The zero-order valence-corrected chi connectivity index (χ0v) is 43.3. The molecular formula is C85H56O2. The topological polar surface area (TPSA) is 26.3 Å². The first-order chi connectivity index (χ1) is 66.2. The monoisotopic (exact) mass is 1160 g/mol. The molecule has 0 spiro atoms. The fraction of sp³-hybridized carbons (Fsp3) is 0.0353. The highest BCUT2D eigenvalue weighted by Crippen LogP contribution is 2.51. The zero-order valence-electron chi connectivity index (χ0n) is 99.3. The van der Waals surface area contributed by atoms with E-state index in [1.807, 2.05) is 0 Å². The van der Waals surface area contributed by atoms with Crippen molar-refractivity contribution in [2.24, 2.45) is 0 Å². The van der Waals surface area contributed by atoms with E-state index in [1.54, 1.807) is 0 Å². The summed E-state index contributed by atoms with van der Waals surface area (Å²) in [5.74, 6) is 0. The number of furan rings is 2. The Hall–Kier alpha value is -11.1. The maximum Gasteiger partial charge on any atom is 0.143 e. The number of fused-ring (bicyclic) bond motifs is 13. The average molecular weight is 1170 g/mol. The molecule has 0 bridgehead atoms. The van der Waals surface area contributed by atoms with Gasteiger partial charge in [0.05, 0.1) is 68.5 Å². The van der Waals surface area contributed by atoms with Crippen LogP contribution in [0.25, 0.3) is 165 Å². The summed E-state index contributed by atoms with van der Waals surface area (Å²) in [6.45, 7) is -7.61. The van der Waals surface area contributed by atoms with Crippen molar-refractivity contribution in [2.75, 3.05) is 0 Å². The number of benzene rings is 15. The molecule has 2 aromatic heterocycles. The van der Waals surface area contributed by atoms with Crippen LogP contribution in [0.2, 0.25) is 0 Å². The molecule has 0 N–H and O–H groups in total. The molecule has 0 amide bonds. The predicted octanol–water partition coefficient (Wildman–Crippen LogP) is 24.1. The van der Waals surface area contributed by atoms with E-state index < -0.39 is 497 Å². The van der Waals surface area contributed by atoms with Crippen molar-refractivity contribution in [3.8, 4) is 77.9 Å². The maximum atomic E-state index is 9.85. The Morgan fingerprint density at radius 1 is 0.241 bits per heavy atom. The molecule has 1 aliphatic rings. The highest BCUT2D eigenvalue weighted by Gasteiger charge is 2.35. The van der Waals surface area contributed by atoms with E-state index in [4.69, 9.17) is 63.7 Å². The van der Waals surface area contributed by atoms with Crippen LogP contribution in [0, 0.1) is 0 Å². The highest BCUT2D eigenvalue weighted by atomic mass is 16.3. The number of para-hydroxylation sites is 1. The Labute approximate surface area is 583 Å². The van der Waals surface area contributed by atoms with E-state index in [-0.39, 0.29) is 0 Å². The second-order valence-electron chi connectivity index (χ2n) is 19.0. The third-order valence-corrected chi connectivity index (χ3v) is 14.3. The van der Waals surface area contributed by atoms with Gasteiger partial charge in [-0.25, -0.2) is 0 Å². The molecule has 0 aliphatic heterocycles. The molecule has 2 heteroatoms. The fourth-order valence-corrected chi connectivity index (χ4v) is 10.6. The van der Waals surface area contributed by atoms with Crippen LogP contribution >= 0.6 is 0 Å². The molecule has 18 rings (SSSR count). The minimum Gasteiger partial charge on any atom is -0.456 e. The van der Waals surface area contributed by atoms with Crippen LogP contribution in [0.5, 0.6) is 0 Å². The lowest BCUT2D eigenvalue weighted by Gasteiger charge is -2.21. The summed E-state index contributed by atoms with van der Waals surface area (Å²) in [6, 6.07) is -47.6. The summed E-state index contributed by atoms with van der Waals surface area (Å²) in [5.41, 5.74) is -19.1. The summed E-state index contributed by atoms with van der Waals surface area (Å²) in [7, 11) is 0. The van der Waals surface area contributed by atoms with Gasteiger partial charge in [0.15, 0.2) is 0 Å². The molecule has 2 heterocycles. The first-order valence-corrected chi connectivity index (χ1v) is 25.6. The normalized spacial score (nSPS) is 21.9. The largest absolute Gasteiger partial charge is 0.456 e. The molecule has 0 radical (unpaired) electrons. The van der Waals surface area contributed by atoms with E-state index in [0.717, 1.165) is 0 Å². The molecule has 0 unspecified atom stereocenters. The molecule has 15 aromatic carbocycles. The van der Waals surface area contributed by atoms with Crippen LogP contribution in [0.3, 0.4) is 0 Å². The first-order valence-electron chi connectivity index (χ1n) is 53.6. The van der Waals surface area contributed by atoms with E-state index >= 15 is 0 Å². The molecular weight excluding hydrogens is 1050 g/mol. The molecule has 0 atom stereocenters. The summed E-state index contributed by atoms with van der Waals surface area (Å²) in [4.78, 5) is 0. The summed E-state index contributed by atoms with van der Waals surface area (Å²) >= 11 is 0. The van der Waals surface area contributed by atoms with Crippen molar-refractivity contribution in [3.63, 3.8) is 0 Å². The SMILES string of the molecule is [2H]c1c([2H])c([2H])c(-c2c([2H])c([2H])c3c(oc4c([2H])c(-c5c6c([2H])c([2H])c([2H])c([2H])c6c(-c6c([2H])c([2H])c([2H])c([2H])c6[2H])c6c([2H])c([2H])c([2H])c([2H])c56)c([2H])c([2H])c43)c2[2H])c([2H])c1[2H].[2H]c1c([2H])c([2H])c(-c2c3c([2H])c([2H])c([2H])c([2H])c3c(-c3c([2H])c([2H])c4c(oc5c(-c6c([2H])c([2H])c7c(c6[2H])-c6c([2H])c([2H])c([2H])c([2H])c6C7(C([2H])([2H])[2H])C([2H])([2H])[2H])c([2H])c([2H])c([2H])c54)c3[2H])c3c([2H])c([2H])c([2H])c([2H])c23)c([2H])c1[2H]. The Bertz CT molecular complexity index is 8700. The molecule has 0 saturated heterocycles. The van der Waals surface area contributed by atoms with Crippen molar-refractivity contribution in [2.45, 2.75) is 19.1 Å². The Morgan fingerprint density at radius 3 is 1.09 bits per heavy atom. The first kappa shape index (κ1) is 19.5. The lowest BCUT2D eigenvalue weighted by molar-refractivity contribution is 0.660. The minimum absolute atomic E-state index is 0.454. The molecule has 2 nitrogen and oxygen atoms in total. The van der Waals surface area contributed by atoms with Gasteiger partial charge >= 0.3 is 0 Å². The second-order valence-corrected chi connectivity index (χ2v) is 19.0. The highest BCUT2D eigenvalue weighted by molar-refractivity contribution is 6.24. The fourth-order valence-electron chi connectivity index (χ4n) is 10.6. The van der Waals surface area contributed by atoms with Crippen LogP contribution < -0.4 is 0 Å². The second kappa shape index (κ2) is 20.1. The number of rotatable bonds is 6. The Balaban J connectivity index is 0.000000202. The average Bonchev–Trinajstić information content (AvgIpc) is 1.65. The predicted molar refractivity (Wildman–Crippen MR) is 368 cm³/mol. The van der Waals surface area contributed by atoms with Crippen molar-refractivity contribution in [1.82, 2.24) is 0 Å². The van der Waals surface area contributed by atoms with Crippen molar-refractivity contribution in [1.29, 1.82) is 0 Å². The Morgan fingerprint density at radius 2 is 0.598 bits per heavy atom. The van der Waals surface area contributed by atoms with E-state index in [2.05, 4.69) is 0 Å². The molecule has 17 aromatic rings. The van der Waals surface area contributed by atoms with E-state index in [1.165, 1.54) is 0 Å². The van der Waals surface area contributed by atoms with Crippen molar-refractivity contribution >= 4 is 87.0 Å². The van der Waals surface area contributed by atoms with Gasteiger partial charge in [-0.15, -0.1) is 0 Å². The van der Waals surface area contributed by atoms with Gasteiger partial charge < -0.3 is 8.83 Å². The smallest absolute Gasteiger partial charge is 0.143 e.